The van der Waals surface area contributed by atoms with Crippen molar-refractivity contribution in [3.8, 4) is 5.75 Å². The lowest BCUT2D eigenvalue weighted by Gasteiger charge is -2.40. The molecule has 2 bridgehead atoms. The molecule has 37 heavy (non-hydrogen) atoms. The summed E-state index contributed by atoms with van der Waals surface area (Å²) >= 11 is 12.2. The molecular formula is C27H34Cl2N4O4. The number of nitrogens with one attached hydrogen (secondary N) is 2. The summed E-state index contributed by atoms with van der Waals surface area (Å²) < 4.78 is 5.95. The molecule has 4 rings (SSSR count). The number of amides is 2. The maximum Gasteiger partial charge on any atom is 0.263 e. The van der Waals surface area contributed by atoms with E-state index in [1.165, 1.54) is 0 Å². The molecule has 1 aromatic heterocycles. The number of aliphatic hydroxyl groups is 1. The first kappa shape index (κ1) is 27.5. The number of anilines is 1. The normalized spacial score (nSPS) is 21.5. The maximum absolute atomic E-state index is 13.1. The Balaban J connectivity index is 1.35. The number of fused-ring (bicyclic) bond motifs is 2. The number of hydrogen-bond acceptors (Lipinski definition) is 6. The summed E-state index contributed by atoms with van der Waals surface area (Å²) in [5.74, 6) is 0.771. The molecule has 3 atom stereocenters. The Morgan fingerprint density at radius 2 is 1.78 bits per heavy atom. The predicted octanol–water partition coefficient (Wildman–Crippen LogP) is 4.36. The van der Waals surface area contributed by atoms with Gasteiger partial charge >= 0.3 is 0 Å². The number of halogens is 2. The minimum absolute atomic E-state index is 0.0247. The van der Waals surface area contributed by atoms with Gasteiger partial charge in [-0.3, -0.25) is 9.59 Å². The Kier molecular flexibility index (Phi) is 7.93. The van der Waals surface area contributed by atoms with Crippen LogP contribution in [0.1, 0.15) is 63.7 Å². The van der Waals surface area contributed by atoms with Crippen LogP contribution in [0.15, 0.2) is 36.5 Å². The van der Waals surface area contributed by atoms with E-state index in [0.29, 0.717) is 21.4 Å². The molecule has 0 aliphatic carbocycles. The zero-order chi connectivity index (χ0) is 27.0. The number of rotatable bonds is 8. The van der Waals surface area contributed by atoms with Gasteiger partial charge in [0.05, 0.1) is 16.2 Å². The molecule has 0 saturated carbocycles. The van der Waals surface area contributed by atoms with Gasteiger partial charge in [0.1, 0.15) is 11.6 Å². The molecular weight excluding hydrogens is 515 g/mol. The van der Waals surface area contributed by atoms with E-state index < -0.39 is 11.2 Å². The average Bonchev–Trinajstić information content (AvgIpc) is 3.09. The van der Waals surface area contributed by atoms with Gasteiger partial charge in [0, 0.05) is 35.9 Å². The topological polar surface area (TPSA) is 104 Å². The van der Waals surface area contributed by atoms with E-state index in [-0.39, 0.29) is 36.5 Å². The lowest BCUT2D eigenvalue weighted by atomic mass is 9.96. The van der Waals surface area contributed by atoms with Gasteiger partial charge < -0.3 is 25.4 Å². The smallest absolute Gasteiger partial charge is 0.263 e. The molecule has 2 amide bonds. The second-order valence-corrected chi connectivity index (χ2v) is 11.9. The van der Waals surface area contributed by atoms with Gasteiger partial charge in [0.25, 0.3) is 11.8 Å². The molecule has 10 heteroatoms. The van der Waals surface area contributed by atoms with Crippen LogP contribution >= 0.6 is 23.2 Å². The molecule has 1 unspecified atom stereocenters. The first-order chi connectivity index (χ1) is 17.3. The Bertz CT molecular complexity index is 1140. The fourth-order valence-electron chi connectivity index (χ4n) is 4.98. The fourth-order valence-corrected chi connectivity index (χ4v) is 5.43. The number of carbonyl (C=O) groups excluding carboxylic acids is 2. The van der Waals surface area contributed by atoms with Gasteiger partial charge in [-0.2, -0.15) is 0 Å². The zero-order valence-electron chi connectivity index (χ0n) is 21.6. The number of aromatic nitrogens is 1. The number of ether oxygens (including phenoxy) is 1. The third-order valence-corrected chi connectivity index (χ3v) is 7.36. The van der Waals surface area contributed by atoms with Gasteiger partial charge in [-0.15, -0.1) is 0 Å². The number of piperidine rings is 1. The third-order valence-electron chi connectivity index (χ3n) is 6.83. The van der Waals surface area contributed by atoms with Gasteiger partial charge in [-0.05, 0) is 83.7 Å². The number of hydrogen-bond donors (Lipinski definition) is 3. The quantitative estimate of drug-likeness (QED) is 0.452. The Labute approximate surface area is 227 Å². The standard InChI is InChI=1S/C27H34Cl2N4O4/c1-26(2,36)15-31-24(34)16-5-10-23(30-14-16)33-19-7-8-20(33)13-18(12-19)32-25(35)27(3,4)37-22-9-6-17(28)11-21(22)29/h5-6,9-11,14,18-20,36H,7-8,12-13,15H2,1-4H3,(H,31,34)(H,32,35)/t18?,19-,20+. The zero-order valence-corrected chi connectivity index (χ0v) is 23.1. The number of benzene rings is 1. The lowest BCUT2D eigenvalue weighted by Crippen LogP contribution is -2.55. The monoisotopic (exact) mass is 548 g/mol. The molecule has 2 aliphatic rings. The second kappa shape index (κ2) is 10.7. The van der Waals surface area contributed by atoms with Crippen LogP contribution in [0.5, 0.6) is 5.75 Å². The summed E-state index contributed by atoms with van der Waals surface area (Å²) in [6.45, 7) is 6.88. The van der Waals surface area contributed by atoms with Crippen molar-refractivity contribution in [2.75, 3.05) is 11.4 Å². The Morgan fingerprint density at radius 3 is 2.35 bits per heavy atom. The van der Waals surface area contributed by atoms with Crippen LogP contribution in [-0.4, -0.2) is 57.8 Å². The molecule has 2 aromatic rings. The van der Waals surface area contributed by atoms with E-state index in [2.05, 4.69) is 20.5 Å². The summed E-state index contributed by atoms with van der Waals surface area (Å²) in [6.07, 6.45) is 5.22. The van der Waals surface area contributed by atoms with E-state index in [1.807, 2.05) is 6.07 Å². The Hall–Kier alpha value is -2.55. The van der Waals surface area contributed by atoms with Crippen molar-refractivity contribution in [3.05, 3.63) is 52.1 Å². The van der Waals surface area contributed by atoms with E-state index >= 15 is 0 Å². The van der Waals surface area contributed by atoms with Crippen molar-refractivity contribution in [3.63, 3.8) is 0 Å². The van der Waals surface area contributed by atoms with Crippen molar-refractivity contribution in [2.45, 2.75) is 82.7 Å². The molecule has 3 N–H and O–H groups in total. The van der Waals surface area contributed by atoms with Crippen LogP contribution in [0.4, 0.5) is 5.82 Å². The van der Waals surface area contributed by atoms with Gasteiger partial charge in [0.2, 0.25) is 0 Å². The molecule has 0 radical (unpaired) electrons. The highest BCUT2D eigenvalue weighted by molar-refractivity contribution is 6.35. The van der Waals surface area contributed by atoms with Crippen molar-refractivity contribution in [1.29, 1.82) is 0 Å². The number of pyridine rings is 1. The lowest BCUT2D eigenvalue weighted by molar-refractivity contribution is -0.135. The molecule has 2 saturated heterocycles. The van der Waals surface area contributed by atoms with Crippen molar-refractivity contribution >= 4 is 40.8 Å². The van der Waals surface area contributed by atoms with Crippen molar-refractivity contribution in [1.82, 2.24) is 15.6 Å². The van der Waals surface area contributed by atoms with Crippen LogP contribution in [0.2, 0.25) is 10.0 Å². The molecule has 0 spiro atoms. The molecule has 2 fully saturated rings. The van der Waals surface area contributed by atoms with E-state index in [4.69, 9.17) is 27.9 Å². The summed E-state index contributed by atoms with van der Waals surface area (Å²) in [7, 11) is 0. The van der Waals surface area contributed by atoms with Crippen LogP contribution < -0.4 is 20.3 Å². The van der Waals surface area contributed by atoms with E-state index in [0.717, 1.165) is 31.5 Å². The van der Waals surface area contributed by atoms with E-state index in [9.17, 15) is 14.7 Å². The Morgan fingerprint density at radius 1 is 1.11 bits per heavy atom. The summed E-state index contributed by atoms with van der Waals surface area (Å²) in [4.78, 5) is 32.4. The minimum Gasteiger partial charge on any atom is -0.476 e. The largest absolute Gasteiger partial charge is 0.476 e. The highest BCUT2D eigenvalue weighted by Crippen LogP contribution is 2.39. The first-order valence-corrected chi connectivity index (χ1v) is 13.3. The maximum atomic E-state index is 13.1. The third kappa shape index (κ3) is 6.67. The van der Waals surface area contributed by atoms with Crippen molar-refractivity contribution in [2.24, 2.45) is 0 Å². The highest BCUT2D eigenvalue weighted by Gasteiger charge is 2.43. The summed E-state index contributed by atoms with van der Waals surface area (Å²) in [6, 6.07) is 9.08. The molecule has 200 valence electrons. The van der Waals surface area contributed by atoms with Crippen LogP contribution in [0.3, 0.4) is 0 Å². The average molecular weight is 549 g/mol. The fraction of sp³-hybridized carbons (Fsp3) is 0.519. The predicted molar refractivity (Wildman–Crippen MR) is 144 cm³/mol. The summed E-state index contributed by atoms with van der Waals surface area (Å²) in [5, 5.41) is 16.6. The van der Waals surface area contributed by atoms with Crippen LogP contribution in [-0.2, 0) is 4.79 Å². The number of nitrogens with zero attached hydrogens (tertiary/aromatic N) is 2. The van der Waals surface area contributed by atoms with Gasteiger partial charge in [0.15, 0.2) is 5.60 Å². The highest BCUT2D eigenvalue weighted by atomic mass is 35.5. The summed E-state index contributed by atoms with van der Waals surface area (Å²) in [5.41, 5.74) is -1.64. The number of carbonyl (C=O) groups is 2. The molecule has 2 aliphatic heterocycles. The van der Waals surface area contributed by atoms with Crippen LogP contribution in [0, 0.1) is 0 Å². The molecule has 8 nitrogen and oxygen atoms in total. The first-order valence-electron chi connectivity index (χ1n) is 12.5. The second-order valence-electron chi connectivity index (χ2n) is 11.0. The minimum atomic E-state index is -1.11. The molecule has 1 aromatic carbocycles. The van der Waals surface area contributed by atoms with E-state index in [1.54, 1.807) is 58.2 Å². The SMILES string of the molecule is CC(C)(O)CNC(=O)c1ccc(N2[C@@H]3CC[C@H]2CC(NC(=O)C(C)(C)Oc2ccc(Cl)cc2Cl)C3)nc1. The van der Waals surface area contributed by atoms with Crippen molar-refractivity contribution < 1.29 is 19.4 Å². The van der Waals surface area contributed by atoms with Gasteiger partial charge in [-0.25, -0.2) is 4.98 Å². The molecule has 3 heterocycles. The van der Waals surface area contributed by atoms with Crippen LogP contribution in [0.25, 0.3) is 0 Å². The van der Waals surface area contributed by atoms with Gasteiger partial charge in [-0.1, -0.05) is 23.2 Å².